The largest absolute Gasteiger partial charge is 0.462 e. The zero-order chi connectivity index (χ0) is 57.1. The van der Waals surface area contributed by atoms with Crippen LogP contribution < -0.4 is 0 Å². The van der Waals surface area contributed by atoms with Crippen LogP contribution in [0.2, 0.25) is 0 Å². The monoisotopic (exact) mass is 1090 g/mol. The van der Waals surface area contributed by atoms with E-state index in [1.807, 2.05) is 6.08 Å². The first-order valence-electron chi connectivity index (χ1n) is 32.7. The van der Waals surface area contributed by atoms with Gasteiger partial charge in [-0.1, -0.05) is 283 Å². The molecule has 0 aromatic carbocycles. The van der Waals surface area contributed by atoms with Crippen molar-refractivity contribution in [2.24, 2.45) is 0 Å². The summed E-state index contributed by atoms with van der Waals surface area (Å²) in [5.74, 6) is -1.00. The number of hydrogen-bond donors (Lipinski definition) is 0. The average Bonchev–Trinajstić information content (AvgIpc) is 3.45. The highest BCUT2D eigenvalue weighted by Crippen LogP contribution is 2.15. The Hall–Kier alpha value is -4.45. The van der Waals surface area contributed by atoms with E-state index in [-0.39, 0.29) is 37.5 Å². The summed E-state index contributed by atoms with van der Waals surface area (Å²) in [6.45, 7) is 6.36. The summed E-state index contributed by atoms with van der Waals surface area (Å²) in [5, 5.41) is 0. The summed E-state index contributed by atoms with van der Waals surface area (Å²) in [4.78, 5) is 38.4. The lowest BCUT2D eigenvalue weighted by Gasteiger charge is -2.18. The Balaban J connectivity index is 4.50. The van der Waals surface area contributed by atoms with E-state index >= 15 is 0 Å². The van der Waals surface area contributed by atoms with Gasteiger partial charge in [0.25, 0.3) is 0 Å². The minimum atomic E-state index is -0.820. The van der Waals surface area contributed by atoms with E-state index in [1.54, 1.807) is 0 Å². The van der Waals surface area contributed by atoms with Crippen molar-refractivity contribution in [3.8, 4) is 0 Å². The van der Waals surface area contributed by atoms with E-state index in [9.17, 15) is 14.4 Å². The third-order valence-corrected chi connectivity index (χ3v) is 13.6. The molecule has 6 nitrogen and oxygen atoms in total. The van der Waals surface area contributed by atoms with Gasteiger partial charge in [-0.2, -0.15) is 0 Å². The summed E-state index contributed by atoms with van der Waals surface area (Å²) >= 11 is 0. The van der Waals surface area contributed by atoms with Crippen molar-refractivity contribution in [1.29, 1.82) is 0 Å². The Morgan fingerprint density at radius 1 is 0.266 bits per heavy atom. The first-order valence-corrected chi connectivity index (χ1v) is 32.7. The molecule has 0 aliphatic heterocycles. The van der Waals surface area contributed by atoms with Crippen LogP contribution in [-0.4, -0.2) is 37.2 Å². The number of esters is 3. The third kappa shape index (κ3) is 64.3. The fourth-order valence-electron chi connectivity index (χ4n) is 8.81. The van der Waals surface area contributed by atoms with Crippen molar-refractivity contribution >= 4 is 17.9 Å². The zero-order valence-corrected chi connectivity index (χ0v) is 51.3. The molecule has 0 heterocycles. The highest BCUT2D eigenvalue weighted by atomic mass is 16.6. The molecule has 448 valence electrons. The number of ether oxygens (including phenoxy) is 3. The van der Waals surface area contributed by atoms with Crippen molar-refractivity contribution in [2.75, 3.05) is 13.2 Å². The lowest BCUT2D eigenvalue weighted by molar-refractivity contribution is -0.166. The maximum Gasteiger partial charge on any atom is 0.306 e. The predicted octanol–water partition coefficient (Wildman–Crippen LogP) is 22.5. The second-order valence-electron chi connectivity index (χ2n) is 21.3. The van der Waals surface area contributed by atoms with E-state index in [0.29, 0.717) is 19.3 Å². The van der Waals surface area contributed by atoms with Gasteiger partial charge in [-0.3, -0.25) is 14.4 Å². The summed E-state index contributed by atoms with van der Waals surface area (Å²) in [6, 6.07) is 0. The molecular formula is C73H120O6. The van der Waals surface area contributed by atoms with Gasteiger partial charge in [0.05, 0.1) is 0 Å². The van der Waals surface area contributed by atoms with Gasteiger partial charge in [0.1, 0.15) is 13.2 Å². The van der Waals surface area contributed by atoms with E-state index in [0.717, 1.165) is 109 Å². The topological polar surface area (TPSA) is 78.9 Å². The lowest BCUT2D eigenvalue weighted by atomic mass is 10.1. The Bertz CT molecular complexity index is 1680. The maximum absolute atomic E-state index is 12.9. The minimum absolute atomic E-state index is 0.110. The predicted molar refractivity (Wildman–Crippen MR) is 343 cm³/mol. The smallest absolute Gasteiger partial charge is 0.306 e. The van der Waals surface area contributed by atoms with Crippen LogP contribution in [0.25, 0.3) is 0 Å². The molecule has 0 radical (unpaired) electrons. The van der Waals surface area contributed by atoms with Crippen molar-refractivity contribution < 1.29 is 28.6 Å². The number of carbonyl (C=O) groups excluding carboxylic acids is 3. The highest BCUT2D eigenvalue weighted by molar-refractivity contribution is 5.71. The van der Waals surface area contributed by atoms with Crippen molar-refractivity contribution in [2.45, 2.75) is 297 Å². The van der Waals surface area contributed by atoms with Gasteiger partial charge in [0.15, 0.2) is 6.10 Å². The fraction of sp³-hybridized carbons (Fsp3) is 0.658. The van der Waals surface area contributed by atoms with Gasteiger partial charge < -0.3 is 14.2 Å². The minimum Gasteiger partial charge on any atom is -0.462 e. The van der Waals surface area contributed by atoms with Gasteiger partial charge in [-0.15, -0.1) is 0 Å². The molecule has 0 aliphatic carbocycles. The van der Waals surface area contributed by atoms with Crippen LogP contribution in [0, 0.1) is 0 Å². The molecule has 0 aromatic heterocycles. The zero-order valence-electron chi connectivity index (χ0n) is 51.3. The molecule has 0 saturated heterocycles. The van der Waals surface area contributed by atoms with Crippen LogP contribution in [0.3, 0.4) is 0 Å². The molecule has 0 bridgehead atoms. The van der Waals surface area contributed by atoms with Crippen LogP contribution in [0.4, 0.5) is 0 Å². The summed E-state index contributed by atoms with van der Waals surface area (Å²) in [7, 11) is 0. The number of rotatable bonds is 58. The molecule has 0 fully saturated rings. The van der Waals surface area contributed by atoms with Gasteiger partial charge in [0.2, 0.25) is 0 Å². The quantitative estimate of drug-likeness (QED) is 0.0261. The number of unbranched alkanes of at least 4 members (excludes halogenated alkanes) is 25. The van der Waals surface area contributed by atoms with E-state index in [1.165, 1.54) is 135 Å². The van der Waals surface area contributed by atoms with Crippen LogP contribution in [0.15, 0.2) is 134 Å². The SMILES string of the molecule is CC/C=C\C/C=C\C/C=C\C/C=C\C/C=C\C/C=C\CCC(=O)OCC(COC(=O)CCCCCCCCCC/C=C\C/C=C\C/C=C\C/C=C\CC)OC(=O)CCCCCCCCCCC/C=C\CCCCCCCCCC. The number of allylic oxidation sites excluding steroid dienone is 22. The highest BCUT2D eigenvalue weighted by Gasteiger charge is 2.19. The molecule has 0 spiro atoms. The maximum atomic E-state index is 12.9. The van der Waals surface area contributed by atoms with Gasteiger partial charge in [-0.25, -0.2) is 0 Å². The average molecular weight is 1090 g/mol. The van der Waals surface area contributed by atoms with E-state index in [2.05, 4.69) is 148 Å². The Morgan fingerprint density at radius 3 is 0.861 bits per heavy atom. The molecule has 0 rings (SSSR count). The van der Waals surface area contributed by atoms with Crippen LogP contribution in [0.1, 0.15) is 290 Å². The molecule has 1 unspecified atom stereocenters. The summed E-state index contributed by atoms with van der Waals surface area (Å²) < 4.78 is 16.9. The van der Waals surface area contributed by atoms with Crippen molar-refractivity contribution in [3.05, 3.63) is 134 Å². The second kappa shape index (κ2) is 66.1. The van der Waals surface area contributed by atoms with Crippen LogP contribution in [-0.2, 0) is 28.6 Å². The molecule has 0 aliphatic rings. The molecule has 6 heteroatoms. The fourth-order valence-corrected chi connectivity index (χ4v) is 8.81. The normalized spacial score (nSPS) is 13.0. The molecule has 0 saturated carbocycles. The summed E-state index contributed by atoms with van der Waals surface area (Å²) in [5.41, 5.74) is 0. The molecule has 0 N–H and O–H groups in total. The first kappa shape index (κ1) is 74.5. The first-order chi connectivity index (χ1) is 39.0. The van der Waals surface area contributed by atoms with Gasteiger partial charge >= 0.3 is 17.9 Å². The van der Waals surface area contributed by atoms with Gasteiger partial charge in [-0.05, 0) is 122 Å². The van der Waals surface area contributed by atoms with E-state index in [4.69, 9.17) is 14.2 Å². The molecule has 1 atom stereocenters. The van der Waals surface area contributed by atoms with E-state index < -0.39 is 6.10 Å². The molecule has 0 aromatic rings. The molecule has 0 amide bonds. The van der Waals surface area contributed by atoms with Crippen molar-refractivity contribution in [1.82, 2.24) is 0 Å². The Labute approximate surface area is 487 Å². The summed E-state index contributed by atoms with van der Waals surface area (Å²) in [6.07, 6.45) is 93.2. The second-order valence-corrected chi connectivity index (χ2v) is 21.3. The standard InChI is InChI=1S/C73H120O6/c1-4-7-10-13-16-19-22-25-28-31-34-36-39-42-45-48-51-54-57-60-63-66-72(75)78-69-70(68-77-71(74)65-62-59-56-53-50-47-44-41-38-33-30-27-24-21-18-15-12-9-6-3)79-73(76)67-64-61-58-55-52-49-46-43-40-37-35-32-29-26-23-20-17-14-11-8-5-2/h7,9-10,12,16,18-19,21,25,27-28,30,32,34-36,38,41,47,50,56,59,70H,4-6,8,11,13-15,17,20,22-24,26,29,31,33,37,39-40,42-46,48-49,51-55,57-58,60-69H2,1-3H3/b10-7-,12-9-,19-16-,21-18-,28-25-,30-27-,35-32-,36-34-,41-38-,50-47-,59-56-. The third-order valence-electron chi connectivity index (χ3n) is 13.6. The van der Waals surface area contributed by atoms with Gasteiger partial charge in [0, 0.05) is 19.3 Å². The number of hydrogen-bond acceptors (Lipinski definition) is 6. The number of carbonyl (C=O) groups is 3. The molecule has 79 heavy (non-hydrogen) atoms. The van der Waals surface area contributed by atoms with Crippen LogP contribution in [0.5, 0.6) is 0 Å². The molecular weight excluding hydrogens is 973 g/mol. The van der Waals surface area contributed by atoms with Crippen molar-refractivity contribution in [3.63, 3.8) is 0 Å². The Morgan fingerprint density at radius 2 is 0.519 bits per heavy atom. The Kier molecular flexibility index (Phi) is 62.3. The van der Waals surface area contributed by atoms with Crippen LogP contribution >= 0.6 is 0 Å². The lowest BCUT2D eigenvalue weighted by Crippen LogP contribution is -2.30.